The molecule has 0 saturated carbocycles. The van der Waals surface area contributed by atoms with E-state index in [1.165, 1.54) is 43.1 Å². The maximum Gasteiger partial charge on any atom is 0.322 e. The molecule has 0 radical (unpaired) electrons. The molecule has 0 aliphatic carbocycles. The first-order chi connectivity index (χ1) is 19.8. The standard InChI is InChI=1S/C31H36N2O5S3/c1-3-5-6-7-10-19-39-31-32-26-18-17-25(21-29(26)40-31)41(36,37)33-27(30(34)35)20-22-13-15-24(16-14-22)38-28-12-9-8-11-23(28)4-2/h8-9,11-18,21,27,33H,3-7,10,19-20H2,1-2H3,(H,34,35)/t27-/m1/s1. The van der Waals surface area contributed by atoms with Crippen LogP contribution in [0.1, 0.15) is 57.1 Å². The number of ether oxygens (including phenoxy) is 1. The molecule has 0 saturated heterocycles. The first kappa shape index (κ1) is 31.0. The molecule has 0 fully saturated rings. The fraction of sp³-hybridized carbons (Fsp3) is 0.355. The normalized spacial score (nSPS) is 12.4. The quantitative estimate of drug-likeness (QED) is 0.0987. The van der Waals surface area contributed by atoms with Gasteiger partial charge in [-0.3, -0.25) is 4.79 Å². The number of thiazole rings is 1. The summed E-state index contributed by atoms with van der Waals surface area (Å²) < 4.78 is 36.4. The molecule has 0 aliphatic heterocycles. The smallest absolute Gasteiger partial charge is 0.322 e. The number of rotatable bonds is 16. The van der Waals surface area contributed by atoms with E-state index in [9.17, 15) is 18.3 Å². The zero-order valence-corrected chi connectivity index (χ0v) is 25.8. The van der Waals surface area contributed by atoms with Gasteiger partial charge < -0.3 is 9.84 Å². The van der Waals surface area contributed by atoms with Gasteiger partial charge in [-0.1, -0.05) is 81.6 Å². The zero-order chi connectivity index (χ0) is 29.2. The van der Waals surface area contributed by atoms with E-state index in [4.69, 9.17) is 4.74 Å². The third kappa shape index (κ3) is 8.78. The summed E-state index contributed by atoms with van der Waals surface area (Å²) in [6.45, 7) is 4.26. The van der Waals surface area contributed by atoms with Gasteiger partial charge in [-0.2, -0.15) is 4.72 Å². The van der Waals surface area contributed by atoms with Crippen molar-refractivity contribution in [3.8, 4) is 11.5 Å². The Labute approximate surface area is 250 Å². The molecule has 0 bridgehead atoms. The van der Waals surface area contributed by atoms with Crippen molar-refractivity contribution in [1.82, 2.24) is 9.71 Å². The summed E-state index contributed by atoms with van der Waals surface area (Å²) >= 11 is 3.15. The fourth-order valence-corrected chi connectivity index (χ4v) is 7.83. The second-order valence-electron chi connectivity index (χ2n) is 9.80. The van der Waals surface area contributed by atoms with Crippen molar-refractivity contribution in [2.45, 2.75) is 74.1 Å². The third-order valence-electron chi connectivity index (χ3n) is 6.66. The zero-order valence-electron chi connectivity index (χ0n) is 23.3. The average molecular weight is 613 g/mol. The van der Waals surface area contributed by atoms with Crippen molar-refractivity contribution in [3.63, 3.8) is 0 Å². The number of unbranched alkanes of at least 4 members (excludes halogenated alkanes) is 4. The van der Waals surface area contributed by atoms with Crippen LogP contribution in [0.25, 0.3) is 10.2 Å². The van der Waals surface area contributed by atoms with Crippen LogP contribution >= 0.6 is 23.1 Å². The molecular formula is C31H36N2O5S3. The number of aromatic nitrogens is 1. The number of fused-ring (bicyclic) bond motifs is 1. The van der Waals surface area contributed by atoms with Gasteiger partial charge in [0, 0.05) is 5.75 Å². The lowest BCUT2D eigenvalue weighted by atomic mass is 10.1. The summed E-state index contributed by atoms with van der Waals surface area (Å²) in [7, 11) is -4.08. The Morgan fingerprint density at radius 1 is 1.02 bits per heavy atom. The Balaban J connectivity index is 1.39. The van der Waals surface area contributed by atoms with Gasteiger partial charge in [-0.05, 0) is 66.8 Å². The number of hydrogen-bond acceptors (Lipinski definition) is 7. The first-order valence-corrected chi connectivity index (χ1v) is 17.2. The highest BCUT2D eigenvalue weighted by molar-refractivity contribution is 8.01. The maximum absolute atomic E-state index is 13.2. The maximum atomic E-state index is 13.2. The van der Waals surface area contributed by atoms with Crippen LogP contribution in [-0.4, -0.2) is 36.3 Å². The van der Waals surface area contributed by atoms with Crippen LogP contribution in [0.3, 0.4) is 0 Å². The Morgan fingerprint density at radius 2 is 1.78 bits per heavy atom. The van der Waals surface area contributed by atoms with E-state index in [-0.39, 0.29) is 11.3 Å². The summed E-state index contributed by atoms with van der Waals surface area (Å²) in [5.74, 6) is 1.12. The molecule has 3 aromatic carbocycles. The molecule has 0 spiro atoms. The first-order valence-electron chi connectivity index (χ1n) is 13.9. The van der Waals surface area contributed by atoms with Crippen LogP contribution in [0.15, 0.2) is 76.0 Å². The molecule has 0 aliphatic rings. The Kier molecular flexibility index (Phi) is 11.2. The van der Waals surface area contributed by atoms with Crippen LogP contribution < -0.4 is 9.46 Å². The molecule has 0 amide bonds. The summed E-state index contributed by atoms with van der Waals surface area (Å²) in [6.07, 6.45) is 6.88. The Hall–Kier alpha value is -2.92. The van der Waals surface area contributed by atoms with Gasteiger partial charge in [-0.25, -0.2) is 13.4 Å². The number of aryl methyl sites for hydroxylation is 1. The lowest BCUT2D eigenvalue weighted by Gasteiger charge is -2.15. The number of sulfonamides is 1. The molecule has 41 heavy (non-hydrogen) atoms. The van der Waals surface area contributed by atoms with Gasteiger partial charge in [0.25, 0.3) is 0 Å². The second kappa shape index (κ2) is 14.8. The van der Waals surface area contributed by atoms with Crippen molar-refractivity contribution in [2.75, 3.05) is 5.75 Å². The molecule has 2 N–H and O–H groups in total. The minimum absolute atomic E-state index is 0.0117. The van der Waals surface area contributed by atoms with E-state index in [1.54, 1.807) is 48.2 Å². The highest BCUT2D eigenvalue weighted by Crippen LogP contribution is 2.32. The molecule has 10 heteroatoms. The van der Waals surface area contributed by atoms with E-state index in [1.807, 2.05) is 24.3 Å². The fourth-order valence-electron chi connectivity index (χ4n) is 4.36. The number of carboxylic acids is 1. The van der Waals surface area contributed by atoms with Crippen LogP contribution in [0.4, 0.5) is 0 Å². The number of carbonyl (C=O) groups is 1. The topological polar surface area (TPSA) is 106 Å². The summed E-state index contributed by atoms with van der Waals surface area (Å²) in [5, 5.41) is 9.82. The minimum Gasteiger partial charge on any atom is -0.480 e. The summed E-state index contributed by atoms with van der Waals surface area (Å²) in [5.41, 5.74) is 2.49. The predicted octanol–water partition coefficient (Wildman–Crippen LogP) is 7.69. The van der Waals surface area contributed by atoms with Crippen LogP contribution in [-0.2, 0) is 27.7 Å². The van der Waals surface area contributed by atoms with Gasteiger partial charge in [0.05, 0.1) is 15.1 Å². The van der Waals surface area contributed by atoms with Gasteiger partial charge in [-0.15, -0.1) is 11.3 Å². The molecule has 1 atom stereocenters. The highest BCUT2D eigenvalue weighted by Gasteiger charge is 2.26. The van der Waals surface area contributed by atoms with Crippen molar-refractivity contribution in [1.29, 1.82) is 0 Å². The number of aliphatic carboxylic acids is 1. The number of nitrogens with one attached hydrogen (secondary N) is 1. The molecular weight excluding hydrogens is 577 g/mol. The van der Waals surface area contributed by atoms with Crippen molar-refractivity contribution in [2.24, 2.45) is 0 Å². The lowest BCUT2D eigenvalue weighted by molar-refractivity contribution is -0.138. The van der Waals surface area contributed by atoms with Crippen molar-refractivity contribution in [3.05, 3.63) is 77.9 Å². The van der Waals surface area contributed by atoms with E-state index in [0.717, 1.165) is 44.5 Å². The lowest BCUT2D eigenvalue weighted by Crippen LogP contribution is -2.42. The molecule has 218 valence electrons. The van der Waals surface area contributed by atoms with Crippen LogP contribution in [0, 0.1) is 0 Å². The van der Waals surface area contributed by atoms with E-state index in [2.05, 4.69) is 23.6 Å². The molecule has 1 aromatic heterocycles. The highest BCUT2D eigenvalue weighted by atomic mass is 32.2. The predicted molar refractivity (Wildman–Crippen MR) is 167 cm³/mol. The Bertz CT molecular complexity index is 1550. The number of carboxylic acid groups (broad SMARTS) is 1. The number of para-hydroxylation sites is 1. The molecule has 4 rings (SSSR count). The van der Waals surface area contributed by atoms with Gasteiger partial charge in [0.2, 0.25) is 10.0 Å². The number of benzene rings is 3. The summed E-state index contributed by atoms with van der Waals surface area (Å²) in [4.78, 5) is 16.7. The molecule has 7 nitrogen and oxygen atoms in total. The molecule has 0 unspecified atom stereocenters. The molecule has 4 aromatic rings. The molecule has 1 heterocycles. The third-order valence-corrected chi connectivity index (χ3v) is 10.4. The SMILES string of the molecule is CCCCCCCSc1nc2ccc(S(=O)(=O)N[C@H](Cc3ccc(Oc4ccccc4CC)cc3)C(=O)O)cc2s1. The van der Waals surface area contributed by atoms with Crippen LogP contribution in [0.2, 0.25) is 0 Å². The van der Waals surface area contributed by atoms with E-state index < -0.39 is 22.0 Å². The van der Waals surface area contributed by atoms with E-state index in [0.29, 0.717) is 11.3 Å². The van der Waals surface area contributed by atoms with Crippen molar-refractivity contribution < 1.29 is 23.1 Å². The van der Waals surface area contributed by atoms with Crippen LogP contribution in [0.5, 0.6) is 11.5 Å². The monoisotopic (exact) mass is 612 g/mol. The van der Waals surface area contributed by atoms with E-state index >= 15 is 0 Å². The number of thioether (sulfide) groups is 1. The van der Waals surface area contributed by atoms with Gasteiger partial charge in [0.15, 0.2) is 4.34 Å². The Morgan fingerprint density at radius 3 is 2.51 bits per heavy atom. The second-order valence-corrected chi connectivity index (χ2v) is 13.9. The largest absolute Gasteiger partial charge is 0.480 e. The van der Waals surface area contributed by atoms with Gasteiger partial charge in [0.1, 0.15) is 17.5 Å². The number of hydrogen-bond donors (Lipinski definition) is 2. The minimum atomic E-state index is -4.08. The average Bonchev–Trinajstić information content (AvgIpc) is 3.38. The summed E-state index contributed by atoms with van der Waals surface area (Å²) in [6, 6.07) is 18.2. The van der Waals surface area contributed by atoms with Crippen molar-refractivity contribution >= 4 is 49.3 Å². The van der Waals surface area contributed by atoms with Gasteiger partial charge >= 0.3 is 5.97 Å². The number of nitrogens with zero attached hydrogens (tertiary/aromatic N) is 1.